The average molecular weight is 603 g/mol. The summed E-state index contributed by atoms with van der Waals surface area (Å²) in [6.07, 6.45) is 4.08. The molecule has 5 aromatic rings. The average Bonchev–Trinajstić information content (AvgIpc) is 3.66. The maximum atomic E-state index is 14.3. The van der Waals surface area contributed by atoms with Crippen molar-refractivity contribution in [2.24, 2.45) is 0 Å². The number of aromatic nitrogens is 4. The van der Waals surface area contributed by atoms with Crippen molar-refractivity contribution in [3.8, 4) is 34.0 Å². The second-order valence-corrected chi connectivity index (χ2v) is 11.0. The number of benzene rings is 3. The molecule has 1 aliphatic heterocycles. The number of H-pyrrole nitrogens is 1. The molecule has 0 amide bonds. The van der Waals surface area contributed by atoms with E-state index in [4.69, 9.17) is 14.2 Å². The number of hydrogen-bond donors (Lipinski definition) is 1. The first-order chi connectivity index (χ1) is 20.4. The molecule has 0 bridgehead atoms. The van der Waals surface area contributed by atoms with Crippen LogP contribution >= 0.6 is 0 Å². The molecule has 2 aromatic heterocycles. The Bertz CT molecular complexity index is 1850. The summed E-state index contributed by atoms with van der Waals surface area (Å²) in [4.78, 5) is 33.6. The van der Waals surface area contributed by atoms with Crippen LogP contribution < -0.4 is 16.1 Å². The molecule has 1 N–H and O–H groups in total. The molecule has 0 aliphatic carbocycles. The zero-order chi connectivity index (χ0) is 29.2. The third kappa shape index (κ3) is 6.56. The fraction of sp³-hybridized carbons (Fsp3) is 0.294. The standard InChI is InChI=1S/C34H34N4O4.K.H/c1-4-5-10-29-28(33(39)38(32(35-29)21(2)3)25-15-16-30-24(20-25)17-18-41-30)19-22-11-13-23(14-12-22)26-8-6-7-9-27(26)31-36-34(40)42-37-31;;/h6-9,11-16,20-21H,4-5,10,17-19H2,1-3H3,(H,36,37,40);;. The van der Waals surface area contributed by atoms with E-state index in [-0.39, 0.29) is 62.9 Å². The summed E-state index contributed by atoms with van der Waals surface area (Å²) < 4.78 is 12.2. The fourth-order valence-corrected chi connectivity index (χ4v) is 5.59. The van der Waals surface area contributed by atoms with E-state index in [1.54, 1.807) is 4.57 Å². The van der Waals surface area contributed by atoms with Gasteiger partial charge in [0.2, 0.25) is 0 Å². The van der Waals surface area contributed by atoms with Gasteiger partial charge in [-0.15, -0.1) is 0 Å². The molecular formula is C34H35KN4O4. The first-order valence-electron chi connectivity index (χ1n) is 14.6. The molecule has 216 valence electrons. The van der Waals surface area contributed by atoms with Crippen molar-refractivity contribution in [3.05, 3.63) is 116 Å². The third-order valence-corrected chi connectivity index (χ3v) is 7.77. The van der Waals surface area contributed by atoms with Gasteiger partial charge in [-0.3, -0.25) is 18.9 Å². The van der Waals surface area contributed by atoms with E-state index in [9.17, 15) is 9.59 Å². The fourth-order valence-electron chi connectivity index (χ4n) is 5.59. The minimum absolute atomic E-state index is 0. The summed E-state index contributed by atoms with van der Waals surface area (Å²) >= 11 is 0. The number of hydrogen-bond acceptors (Lipinski definition) is 6. The molecule has 3 heterocycles. The molecule has 0 unspecified atom stereocenters. The molecule has 6 rings (SSSR count). The molecule has 43 heavy (non-hydrogen) atoms. The van der Waals surface area contributed by atoms with Gasteiger partial charge in [0.1, 0.15) is 11.6 Å². The van der Waals surface area contributed by atoms with Crippen LogP contribution in [0.5, 0.6) is 5.75 Å². The Labute approximate surface area is 292 Å². The zero-order valence-electron chi connectivity index (χ0n) is 24.1. The molecule has 0 saturated heterocycles. The summed E-state index contributed by atoms with van der Waals surface area (Å²) in [5, 5.41) is 3.87. The number of fused-ring (bicyclic) bond motifs is 1. The van der Waals surface area contributed by atoms with Crippen LogP contribution in [0.25, 0.3) is 28.2 Å². The maximum absolute atomic E-state index is 14.3. The Balaban J connectivity index is 0.00000368. The van der Waals surface area contributed by atoms with Crippen molar-refractivity contribution in [2.45, 2.75) is 58.8 Å². The zero-order valence-corrected chi connectivity index (χ0v) is 24.1. The monoisotopic (exact) mass is 602 g/mol. The van der Waals surface area contributed by atoms with Crippen LogP contribution in [0.4, 0.5) is 0 Å². The molecule has 0 saturated carbocycles. The summed E-state index contributed by atoms with van der Waals surface area (Å²) in [7, 11) is 0. The Morgan fingerprint density at radius 2 is 1.77 bits per heavy atom. The van der Waals surface area contributed by atoms with Crippen molar-refractivity contribution in [1.82, 2.24) is 19.7 Å². The molecule has 0 fully saturated rings. The molecule has 0 radical (unpaired) electrons. The van der Waals surface area contributed by atoms with Crippen LogP contribution in [-0.4, -0.2) is 77.7 Å². The number of rotatable bonds is 9. The molecule has 0 atom stereocenters. The predicted molar refractivity (Wildman–Crippen MR) is 170 cm³/mol. The predicted octanol–water partition coefficient (Wildman–Crippen LogP) is 5.59. The number of unbranched alkanes of at least 4 members (excludes halogenated alkanes) is 1. The van der Waals surface area contributed by atoms with Gasteiger partial charge >= 0.3 is 57.1 Å². The van der Waals surface area contributed by atoms with Crippen molar-refractivity contribution in [1.29, 1.82) is 0 Å². The Hall–Kier alpha value is -3.08. The van der Waals surface area contributed by atoms with Crippen LogP contribution in [0.15, 0.2) is 80.8 Å². The summed E-state index contributed by atoms with van der Waals surface area (Å²) in [5.74, 6) is 1.55. The van der Waals surface area contributed by atoms with Crippen molar-refractivity contribution < 1.29 is 9.26 Å². The SMILES string of the molecule is CCCCc1nc(C(C)C)n(-c2ccc3c(c2)CCO3)c(=O)c1Cc1ccc(-c2ccccc2-c2noc(=O)[nH]2)cc1.[KH]. The van der Waals surface area contributed by atoms with Gasteiger partial charge in [-0.1, -0.05) is 80.9 Å². The van der Waals surface area contributed by atoms with Crippen LogP contribution in [0.3, 0.4) is 0 Å². The summed E-state index contributed by atoms with van der Waals surface area (Å²) in [6.45, 7) is 7.00. The van der Waals surface area contributed by atoms with E-state index in [1.807, 2.05) is 60.7 Å². The summed E-state index contributed by atoms with van der Waals surface area (Å²) in [6, 6.07) is 21.9. The van der Waals surface area contributed by atoms with Crippen LogP contribution in [0.1, 0.15) is 67.7 Å². The molecule has 9 heteroatoms. The van der Waals surface area contributed by atoms with E-state index in [2.05, 4.69) is 37.0 Å². The molecule has 0 spiro atoms. The van der Waals surface area contributed by atoms with Gasteiger partial charge < -0.3 is 4.74 Å². The first-order valence-corrected chi connectivity index (χ1v) is 14.6. The van der Waals surface area contributed by atoms with E-state index in [0.29, 0.717) is 18.9 Å². The second-order valence-electron chi connectivity index (χ2n) is 11.0. The number of nitrogens with one attached hydrogen (secondary N) is 1. The molecule has 1 aliphatic rings. The molecule has 8 nitrogen and oxygen atoms in total. The first kappa shape index (κ1) is 31.3. The quantitative estimate of drug-likeness (QED) is 0.221. The van der Waals surface area contributed by atoms with Gasteiger partial charge in [-0.25, -0.2) is 9.78 Å². The van der Waals surface area contributed by atoms with E-state index in [1.165, 1.54) is 0 Å². The van der Waals surface area contributed by atoms with Crippen molar-refractivity contribution >= 4 is 51.4 Å². The van der Waals surface area contributed by atoms with E-state index < -0.39 is 5.76 Å². The normalized spacial score (nSPS) is 12.2. The van der Waals surface area contributed by atoms with Crippen molar-refractivity contribution in [3.63, 3.8) is 0 Å². The Morgan fingerprint density at radius 1 is 1.00 bits per heavy atom. The van der Waals surface area contributed by atoms with Gasteiger partial charge in [0.05, 0.1) is 18.0 Å². The van der Waals surface area contributed by atoms with Crippen LogP contribution in [0, 0.1) is 0 Å². The number of aromatic amines is 1. The van der Waals surface area contributed by atoms with Gasteiger partial charge in [0.25, 0.3) is 5.56 Å². The summed E-state index contributed by atoms with van der Waals surface area (Å²) in [5.41, 5.74) is 7.25. The van der Waals surface area contributed by atoms with Gasteiger partial charge in [0.15, 0.2) is 5.82 Å². The van der Waals surface area contributed by atoms with Crippen LogP contribution in [0.2, 0.25) is 0 Å². The molecule has 3 aromatic carbocycles. The van der Waals surface area contributed by atoms with Crippen LogP contribution in [-0.2, 0) is 19.3 Å². The second kappa shape index (κ2) is 13.7. The number of nitrogens with zero attached hydrogens (tertiary/aromatic N) is 3. The third-order valence-electron chi connectivity index (χ3n) is 7.77. The Morgan fingerprint density at radius 3 is 2.47 bits per heavy atom. The van der Waals surface area contributed by atoms with Crippen molar-refractivity contribution in [2.75, 3.05) is 6.61 Å². The topological polar surface area (TPSA) is 103 Å². The number of ether oxygens (including phenoxy) is 1. The number of aryl methyl sites for hydroxylation is 1. The van der Waals surface area contributed by atoms with E-state index in [0.717, 1.165) is 82.0 Å². The van der Waals surface area contributed by atoms with Gasteiger partial charge in [-0.2, -0.15) is 0 Å². The van der Waals surface area contributed by atoms with Gasteiger partial charge in [-0.05, 0) is 53.3 Å². The van der Waals surface area contributed by atoms with Gasteiger partial charge in [0, 0.05) is 29.9 Å². The molecular weight excluding hydrogens is 567 g/mol. The minimum atomic E-state index is -0.593. The van der Waals surface area contributed by atoms with E-state index >= 15 is 0 Å². The Kier molecular flexibility index (Phi) is 9.98.